The second-order valence-electron chi connectivity index (χ2n) is 6.34. The molecule has 1 aliphatic heterocycles. The predicted octanol–water partition coefficient (Wildman–Crippen LogP) is 2.26. The number of nitrogens with zero attached hydrogens (tertiary/aromatic N) is 2. The second kappa shape index (κ2) is 7.74. The molecule has 0 saturated heterocycles. The van der Waals surface area contributed by atoms with Crippen LogP contribution in [0.4, 0.5) is 0 Å². The molecule has 0 bridgehead atoms. The molecular formula is C20H24N2O4. The van der Waals surface area contributed by atoms with Gasteiger partial charge in [-0.2, -0.15) is 0 Å². The largest absolute Gasteiger partial charge is 0.493 e. The standard InChI is InChI=1S/C20H24N2O4/c1-22-10-8-13-11-16(24-2)17(25-3)12-14(13)18(19(22)20(23)26-4)15-7-5-6-9-21-15/h5-7,9,11-12,18-19H,8,10H2,1-4H3/t18-,19-/m0/s1. The van der Waals surface area contributed by atoms with Gasteiger partial charge in [0.2, 0.25) is 0 Å². The zero-order valence-corrected chi connectivity index (χ0v) is 15.6. The molecule has 6 nitrogen and oxygen atoms in total. The van der Waals surface area contributed by atoms with Crippen molar-refractivity contribution in [1.29, 1.82) is 0 Å². The topological polar surface area (TPSA) is 60.9 Å². The van der Waals surface area contributed by atoms with E-state index >= 15 is 0 Å². The quantitative estimate of drug-likeness (QED) is 0.783. The summed E-state index contributed by atoms with van der Waals surface area (Å²) in [5.41, 5.74) is 2.96. The minimum atomic E-state index is -0.464. The Kier molecular flexibility index (Phi) is 5.42. The molecule has 2 atom stereocenters. The van der Waals surface area contributed by atoms with Crippen molar-refractivity contribution >= 4 is 5.97 Å². The van der Waals surface area contributed by atoms with E-state index in [-0.39, 0.29) is 11.9 Å². The maximum absolute atomic E-state index is 12.7. The maximum atomic E-state index is 12.7. The lowest BCUT2D eigenvalue weighted by Crippen LogP contribution is -2.43. The van der Waals surface area contributed by atoms with Gasteiger partial charge in [0, 0.05) is 18.4 Å². The van der Waals surface area contributed by atoms with Gasteiger partial charge >= 0.3 is 5.97 Å². The summed E-state index contributed by atoms with van der Waals surface area (Å²) in [6.45, 7) is 0.728. The van der Waals surface area contributed by atoms with Crippen LogP contribution in [0.15, 0.2) is 36.5 Å². The van der Waals surface area contributed by atoms with Crippen LogP contribution >= 0.6 is 0 Å². The third-order valence-corrected chi connectivity index (χ3v) is 4.95. The zero-order valence-electron chi connectivity index (χ0n) is 15.6. The Morgan fingerprint density at radius 1 is 1.15 bits per heavy atom. The van der Waals surface area contributed by atoms with Crippen LogP contribution in [0.25, 0.3) is 0 Å². The average molecular weight is 356 g/mol. The smallest absolute Gasteiger partial charge is 0.324 e. The molecule has 2 aromatic rings. The van der Waals surface area contributed by atoms with Crippen molar-refractivity contribution in [2.75, 3.05) is 34.9 Å². The van der Waals surface area contributed by atoms with E-state index < -0.39 is 6.04 Å². The molecule has 0 fully saturated rings. The molecule has 3 rings (SSSR count). The highest BCUT2D eigenvalue weighted by atomic mass is 16.5. The number of carbonyl (C=O) groups is 1. The molecule has 26 heavy (non-hydrogen) atoms. The van der Waals surface area contributed by atoms with E-state index in [2.05, 4.69) is 4.98 Å². The average Bonchev–Trinajstić information content (AvgIpc) is 2.83. The number of hydrogen-bond acceptors (Lipinski definition) is 6. The van der Waals surface area contributed by atoms with Crippen LogP contribution in [0.3, 0.4) is 0 Å². The molecule has 0 saturated carbocycles. The Bertz CT molecular complexity index is 779. The van der Waals surface area contributed by atoms with Gasteiger partial charge in [-0.15, -0.1) is 0 Å². The Labute approximate surface area is 153 Å². The molecule has 6 heteroatoms. The van der Waals surface area contributed by atoms with Crippen LogP contribution in [0.5, 0.6) is 11.5 Å². The van der Waals surface area contributed by atoms with Crippen molar-refractivity contribution < 1.29 is 19.0 Å². The maximum Gasteiger partial charge on any atom is 0.324 e. The SMILES string of the molecule is COC(=O)[C@@H]1[C@H](c2ccccn2)c2cc(OC)c(OC)cc2CCN1C. The van der Waals surface area contributed by atoms with Crippen LogP contribution in [0, 0.1) is 0 Å². The lowest BCUT2D eigenvalue weighted by atomic mass is 9.85. The highest BCUT2D eigenvalue weighted by molar-refractivity contribution is 5.78. The lowest BCUT2D eigenvalue weighted by Gasteiger charge is -2.30. The van der Waals surface area contributed by atoms with E-state index in [1.54, 1.807) is 20.4 Å². The van der Waals surface area contributed by atoms with Crippen molar-refractivity contribution in [3.63, 3.8) is 0 Å². The normalized spacial score (nSPS) is 20.0. The monoisotopic (exact) mass is 356 g/mol. The van der Waals surface area contributed by atoms with Gasteiger partial charge in [0.1, 0.15) is 6.04 Å². The van der Waals surface area contributed by atoms with Gasteiger partial charge in [-0.1, -0.05) is 6.07 Å². The summed E-state index contributed by atoms with van der Waals surface area (Å²) < 4.78 is 16.1. The summed E-state index contributed by atoms with van der Waals surface area (Å²) in [6.07, 6.45) is 2.54. The molecular weight excluding hydrogens is 332 g/mol. The van der Waals surface area contributed by atoms with E-state index in [9.17, 15) is 4.79 Å². The molecule has 1 aromatic heterocycles. The number of ether oxygens (including phenoxy) is 3. The van der Waals surface area contributed by atoms with Crippen LogP contribution in [-0.2, 0) is 16.0 Å². The van der Waals surface area contributed by atoms with Crippen LogP contribution in [0.1, 0.15) is 22.7 Å². The van der Waals surface area contributed by atoms with Crippen LogP contribution in [0.2, 0.25) is 0 Å². The van der Waals surface area contributed by atoms with Gasteiger partial charge in [-0.05, 0) is 48.9 Å². The third-order valence-electron chi connectivity index (χ3n) is 4.95. The predicted molar refractivity (Wildman–Crippen MR) is 97.8 cm³/mol. The van der Waals surface area contributed by atoms with E-state index in [1.807, 2.05) is 42.3 Å². The summed E-state index contributed by atoms with van der Waals surface area (Å²) in [4.78, 5) is 19.2. The first-order valence-electron chi connectivity index (χ1n) is 8.54. The van der Waals surface area contributed by atoms with Crippen molar-refractivity contribution in [1.82, 2.24) is 9.88 Å². The van der Waals surface area contributed by atoms with E-state index in [4.69, 9.17) is 14.2 Å². The number of aromatic nitrogens is 1. The second-order valence-corrected chi connectivity index (χ2v) is 6.34. The van der Waals surface area contributed by atoms with Gasteiger partial charge < -0.3 is 14.2 Å². The van der Waals surface area contributed by atoms with Gasteiger partial charge in [-0.25, -0.2) is 0 Å². The molecule has 0 spiro atoms. The van der Waals surface area contributed by atoms with E-state index in [0.29, 0.717) is 11.5 Å². The molecule has 138 valence electrons. The molecule has 2 heterocycles. The number of likely N-dealkylation sites (N-methyl/N-ethyl adjacent to an activating group) is 1. The van der Waals surface area contributed by atoms with Crippen molar-refractivity contribution in [2.45, 2.75) is 18.4 Å². The molecule has 1 aliphatic rings. The third kappa shape index (κ3) is 3.24. The number of pyridine rings is 1. The van der Waals surface area contributed by atoms with Crippen molar-refractivity contribution in [3.05, 3.63) is 53.3 Å². The summed E-state index contributed by atoms with van der Waals surface area (Å²) in [7, 11) is 6.60. The fraction of sp³-hybridized carbons (Fsp3) is 0.400. The Hall–Kier alpha value is -2.60. The Morgan fingerprint density at radius 3 is 2.50 bits per heavy atom. The summed E-state index contributed by atoms with van der Waals surface area (Å²) in [5.74, 6) is 0.794. The first-order chi connectivity index (χ1) is 12.6. The molecule has 0 unspecified atom stereocenters. The summed E-state index contributed by atoms with van der Waals surface area (Å²) >= 11 is 0. The molecule has 0 aliphatic carbocycles. The summed E-state index contributed by atoms with van der Waals surface area (Å²) in [5, 5.41) is 0. The molecule has 0 N–H and O–H groups in total. The number of carbonyl (C=O) groups excluding carboxylic acids is 1. The van der Waals surface area contributed by atoms with Gasteiger partial charge in [0.05, 0.1) is 27.2 Å². The van der Waals surface area contributed by atoms with Gasteiger partial charge in [-0.3, -0.25) is 14.7 Å². The Balaban J connectivity index is 2.24. The van der Waals surface area contributed by atoms with Crippen LogP contribution < -0.4 is 9.47 Å². The lowest BCUT2D eigenvalue weighted by molar-refractivity contribution is -0.146. The minimum absolute atomic E-state index is 0.258. The highest BCUT2D eigenvalue weighted by Crippen LogP contribution is 2.40. The fourth-order valence-electron chi connectivity index (χ4n) is 3.62. The molecule has 1 aromatic carbocycles. The van der Waals surface area contributed by atoms with Crippen LogP contribution in [-0.4, -0.2) is 56.8 Å². The molecule has 0 radical (unpaired) electrons. The number of fused-ring (bicyclic) bond motifs is 1. The first kappa shape index (κ1) is 18.2. The Morgan fingerprint density at radius 2 is 1.88 bits per heavy atom. The fourth-order valence-corrected chi connectivity index (χ4v) is 3.62. The zero-order chi connectivity index (χ0) is 18.7. The van der Waals surface area contributed by atoms with Crippen molar-refractivity contribution in [2.24, 2.45) is 0 Å². The van der Waals surface area contributed by atoms with Gasteiger partial charge in [0.15, 0.2) is 11.5 Å². The van der Waals surface area contributed by atoms with Gasteiger partial charge in [0.25, 0.3) is 0 Å². The van der Waals surface area contributed by atoms with E-state index in [1.165, 1.54) is 7.11 Å². The summed E-state index contributed by atoms with van der Waals surface area (Å²) in [6, 6.07) is 9.24. The number of rotatable bonds is 4. The highest BCUT2D eigenvalue weighted by Gasteiger charge is 2.39. The minimum Gasteiger partial charge on any atom is -0.493 e. The molecule has 0 amide bonds. The number of methoxy groups -OCH3 is 3. The first-order valence-corrected chi connectivity index (χ1v) is 8.54. The number of esters is 1. The van der Waals surface area contributed by atoms with Crippen molar-refractivity contribution in [3.8, 4) is 11.5 Å². The van der Waals surface area contributed by atoms with E-state index in [0.717, 1.165) is 29.8 Å². The number of benzene rings is 1. The number of hydrogen-bond donors (Lipinski definition) is 0.